The molecule has 8 heteroatoms. The molecule has 1 rings (SSSR count). The van der Waals surface area contributed by atoms with E-state index in [1.54, 1.807) is 0 Å². The van der Waals surface area contributed by atoms with E-state index >= 15 is 0 Å². The zero-order valence-corrected chi connectivity index (χ0v) is 11.2. The molecule has 0 atom stereocenters. The number of halogens is 6. The summed E-state index contributed by atoms with van der Waals surface area (Å²) < 4.78 is 50.1. The Labute approximate surface area is 116 Å². The van der Waals surface area contributed by atoms with Crippen molar-refractivity contribution in [3.63, 3.8) is 0 Å². The van der Waals surface area contributed by atoms with E-state index in [0.29, 0.717) is 4.90 Å². The van der Waals surface area contributed by atoms with Crippen LogP contribution in [0.4, 0.5) is 17.6 Å². The Morgan fingerprint density at radius 2 is 1.84 bits per heavy atom. The van der Waals surface area contributed by atoms with Gasteiger partial charge in [0.25, 0.3) is 5.91 Å². The van der Waals surface area contributed by atoms with Crippen molar-refractivity contribution in [2.24, 2.45) is 0 Å². The number of carbonyl (C=O) groups excluding carboxylic acids is 1. The number of hydrogen-bond acceptors (Lipinski definition) is 1. The molecule has 0 bridgehead atoms. The summed E-state index contributed by atoms with van der Waals surface area (Å²) in [6, 6.07) is 1.71. The molecule has 0 aliphatic carbocycles. The van der Waals surface area contributed by atoms with Crippen LogP contribution in [-0.2, 0) is 0 Å². The summed E-state index contributed by atoms with van der Waals surface area (Å²) in [6.07, 6.45) is -4.54. The Morgan fingerprint density at radius 1 is 1.26 bits per heavy atom. The Hall–Kier alpha value is -1.01. The normalized spacial score (nSPS) is 11.5. The highest BCUT2D eigenvalue weighted by Crippen LogP contribution is 2.26. The molecular weight excluding hydrogens is 309 g/mol. The highest BCUT2D eigenvalue weighted by Gasteiger charge is 2.33. The maximum Gasteiger partial charge on any atom is 0.406 e. The van der Waals surface area contributed by atoms with E-state index in [-0.39, 0.29) is 22.2 Å². The van der Waals surface area contributed by atoms with E-state index < -0.39 is 24.4 Å². The summed E-state index contributed by atoms with van der Waals surface area (Å²) in [5.74, 6) is -1.92. The fourth-order valence-corrected chi connectivity index (χ4v) is 1.86. The number of hydrogen-bond donors (Lipinski definition) is 0. The third kappa shape index (κ3) is 4.24. The number of rotatable bonds is 3. The molecule has 0 spiro atoms. The second-order valence-electron chi connectivity index (χ2n) is 3.68. The summed E-state index contributed by atoms with van der Waals surface area (Å²) in [4.78, 5) is 12.4. The average Bonchev–Trinajstić information content (AvgIpc) is 2.28. The van der Waals surface area contributed by atoms with Crippen molar-refractivity contribution in [2.45, 2.75) is 13.1 Å². The van der Waals surface area contributed by atoms with Crippen LogP contribution in [0.3, 0.4) is 0 Å². The number of carbonyl (C=O) groups is 1. The number of benzene rings is 1. The van der Waals surface area contributed by atoms with Gasteiger partial charge in [-0.3, -0.25) is 4.79 Å². The minimum absolute atomic E-state index is 0.182. The average molecular weight is 318 g/mol. The molecule has 0 heterocycles. The van der Waals surface area contributed by atoms with Gasteiger partial charge in [-0.05, 0) is 19.1 Å². The summed E-state index contributed by atoms with van der Waals surface area (Å²) in [6.45, 7) is -0.231. The lowest BCUT2D eigenvalue weighted by molar-refractivity contribution is -0.140. The van der Waals surface area contributed by atoms with Crippen molar-refractivity contribution in [2.75, 3.05) is 13.1 Å². The van der Waals surface area contributed by atoms with Gasteiger partial charge < -0.3 is 4.90 Å². The van der Waals surface area contributed by atoms with Crippen LogP contribution in [0.5, 0.6) is 0 Å². The summed E-state index contributed by atoms with van der Waals surface area (Å²) in [5, 5.41) is -0.502. The second-order valence-corrected chi connectivity index (χ2v) is 4.50. The molecule has 0 aliphatic heterocycles. The van der Waals surface area contributed by atoms with Crippen LogP contribution in [0.1, 0.15) is 17.3 Å². The van der Waals surface area contributed by atoms with Crippen LogP contribution in [0.15, 0.2) is 12.1 Å². The molecule has 0 N–H and O–H groups in total. The van der Waals surface area contributed by atoms with Gasteiger partial charge in [0.05, 0.1) is 15.6 Å². The number of nitrogens with zero attached hydrogens (tertiary/aromatic N) is 1. The van der Waals surface area contributed by atoms with Gasteiger partial charge in [0.15, 0.2) is 0 Å². The predicted octanol–water partition coefficient (Wildman–Crippen LogP) is 4.16. The lowest BCUT2D eigenvalue weighted by Crippen LogP contribution is -2.38. The second kappa shape index (κ2) is 5.96. The van der Waals surface area contributed by atoms with Crippen molar-refractivity contribution in [3.8, 4) is 0 Å². The Morgan fingerprint density at radius 3 is 2.32 bits per heavy atom. The van der Waals surface area contributed by atoms with Crippen LogP contribution in [-0.4, -0.2) is 30.1 Å². The molecule has 0 aromatic heterocycles. The van der Waals surface area contributed by atoms with Crippen LogP contribution in [0, 0.1) is 5.82 Å². The third-order valence-corrected chi connectivity index (χ3v) is 2.88. The van der Waals surface area contributed by atoms with Gasteiger partial charge in [0.1, 0.15) is 12.4 Å². The summed E-state index contributed by atoms with van der Waals surface area (Å²) in [7, 11) is 0. The molecule has 0 radical (unpaired) electrons. The Balaban J connectivity index is 3.08. The topological polar surface area (TPSA) is 20.3 Å². The van der Waals surface area contributed by atoms with Crippen molar-refractivity contribution in [3.05, 3.63) is 33.6 Å². The molecule has 106 valence electrons. The molecule has 0 saturated carbocycles. The van der Waals surface area contributed by atoms with Gasteiger partial charge in [0, 0.05) is 6.54 Å². The van der Waals surface area contributed by atoms with Gasteiger partial charge in [-0.25, -0.2) is 4.39 Å². The summed E-state index contributed by atoms with van der Waals surface area (Å²) >= 11 is 11.1. The predicted molar refractivity (Wildman–Crippen MR) is 64.1 cm³/mol. The van der Waals surface area contributed by atoms with Crippen molar-refractivity contribution in [1.82, 2.24) is 4.90 Å². The molecule has 0 fully saturated rings. The minimum atomic E-state index is -4.54. The van der Waals surface area contributed by atoms with Crippen molar-refractivity contribution < 1.29 is 22.4 Å². The zero-order chi connectivity index (χ0) is 14.8. The Kier molecular flexibility index (Phi) is 5.04. The van der Waals surface area contributed by atoms with Crippen LogP contribution in [0.25, 0.3) is 0 Å². The lowest BCUT2D eigenvalue weighted by Gasteiger charge is -2.22. The van der Waals surface area contributed by atoms with E-state index in [9.17, 15) is 22.4 Å². The molecule has 1 amide bonds. The molecular formula is C11H9Cl2F4NO. The highest BCUT2D eigenvalue weighted by molar-refractivity contribution is 6.36. The quantitative estimate of drug-likeness (QED) is 0.605. The highest BCUT2D eigenvalue weighted by atomic mass is 35.5. The fraction of sp³-hybridized carbons (Fsp3) is 0.364. The Bertz CT molecular complexity index is 490. The number of alkyl halides is 3. The zero-order valence-electron chi connectivity index (χ0n) is 9.69. The van der Waals surface area contributed by atoms with E-state index in [4.69, 9.17) is 23.2 Å². The van der Waals surface area contributed by atoms with Crippen molar-refractivity contribution >= 4 is 29.1 Å². The molecule has 0 saturated heterocycles. The molecule has 2 nitrogen and oxygen atoms in total. The van der Waals surface area contributed by atoms with Crippen LogP contribution in [0.2, 0.25) is 10.0 Å². The van der Waals surface area contributed by atoms with Gasteiger partial charge in [0.2, 0.25) is 0 Å². The van der Waals surface area contributed by atoms with Crippen LogP contribution >= 0.6 is 23.2 Å². The standard InChI is InChI=1S/C11H9Cl2F4NO/c1-2-18(5-11(15,16)17)10(19)6-3-9(14)8(13)4-7(6)12/h3-4H,2,5H2,1H3. The van der Waals surface area contributed by atoms with E-state index in [0.717, 1.165) is 12.1 Å². The molecule has 1 aromatic rings. The summed E-state index contributed by atoms with van der Waals surface area (Å²) in [5.41, 5.74) is -0.352. The van der Waals surface area contributed by atoms with Gasteiger partial charge in [-0.15, -0.1) is 0 Å². The first-order valence-corrected chi connectivity index (χ1v) is 5.92. The maximum absolute atomic E-state index is 13.2. The van der Waals surface area contributed by atoms with E-state index in [2.05, 4.69) is 0 Å². The lowest BCUT2D eigenvalue weighted by atomic mass is 10.2. The smallest absolute Gasteiger partial charge is 0.330 e. The van der Waals surface area contributed by atoms with E-state index in [1.165, 1.54) is 6.92 Å². The van der Waals surface area contributed by atoms with E-state index in [1.807, 2.05) is 0 Å². The first-order valence-electron chi connectivity index (χ1n) is 5.16. The maximum atomic E-state index is 13.2. The first-order chi connectivity index (χ1) is 8.65. The monoisotopic (exact) mass is 317 g/mol. The minimum Gasteiger partial charge on any atom is -0.330 e. The largest absolute Gasteiger partial charge is 0.406 e. The number of amides is 1. The van der Waals surface area contributed by atoms with Gasteiger partial charge in [-0.2, -0.15) is 13.2 Å². The van der Waals surface area contributed by atoms with Crippen molar-refractivity contribution in [1.29, 1.82) is 0 Å². The van der Waals surface area contributed by atoms with Gasteiger partial charge in [-0.1, -0.05) is 23.2 Å². The molecule has 1 aromatic carbocycles. The fourth-order valence-electron chi connectivity index (χ4n) is 1.40. The first kappa shape index (κ1) is 16.0. The van der Waals surface area contributed by atoms with Gasteiger partial charge >= 0.3 is 6.18 Å². The molecule has 0 unspecified atom stereocenters. The third-order valence-electron chi connectivity index (χ3n) is 2.28. The molecule has 0 aliphatic rings. The SMILES string of the molecule is CCN(CC(F)(F)F)C(=O)c1cc(F)c(Cl)cc1Cl. The molecule has 19 heavy (non-hydrogen) atoms. The van der Waals surface area contributed by atoms with Crippen LogP contribution < -0.4 is 0 Å².